The van der Waals surface area contributed by atoms with Gasteiger partial charge in [-0.15, -0.1) is 21.5 Å². The lowest BCUT2D eigenvalue weighted by Crippen LogP contribution is -2.29. The van der Waals surface area contributed by atoms with Gasteiger partial charge in [0.05, 0.1) is 12.8 Å². The standard InChI is InChI=1S/C13H16N6S/c1-2-5-18(6-3-1)13-15-10(9-20-13)12-17-16-11-8-14-4-7-19(11)12/h8-9H,1-7H2. The van der Waals surface area contributed by atoms with Crippen molar-refractivity contribution in [2.24, 2.45) is 4.99 Å². The molecule has 2 aliphatic rings. The summed E-state index contributed by atoms with van der Waals surface area (Å²) in [5.74, 6) is 1.70. The van der Waals surface area contributed by atoms with Gasteiger partial charge in [0.25, 0.3) is 0 Å². The van der Waals surface area contributed by atoms with Crippen molar-refractivity contribution in [3.05, 3.63) is 11.2 Å². The second kappa shape index (κ2) is 4.97. The van der Waals surface area contributed by atoms with Gasteiger partial charge in [-0.25, -0.2) is 4.98 Å². The van der Waals surface area contributed by atoms with Crippen LogP contribution < -0.4 is 4.90 Å². The SMILES string of the molecule is C1=NCCn2c1nnc2-c1csc(N2CCCCC2)n1. The second-order valence-electron chi connectivity index (χ2n) is 5.13. The van der Waals surface area contributed by atoms with Crippen molar-refractivity contribution in [3.63, 3.8) is 0 Å². The molecule has 0 unspecified atom stereocenters. The molecule has 6 nitrogen and oxygen atoms in total. The number of piperidine rings is 1. The minimum atomic E-state index is 0.793. The number of aliphatic imine (C=N–C) groups is 1. The molecule has 0 atom stereocenters. The third-order valence-corrected chi connectivity index (χ3v) is 4.69. The lowest BCUT2D eigenvalue weighted by atomic mass is 10.1. The highest BCUT2D eigenvalue weighted by Crippen LogP contribution is 2.28. The maximum absolute atomic E-state index is 4.76. The van der Waals surface area contributed by atoms with Gasteiger partial charge in [0.2, 0.25) is 0 Å². The zero-order valence-corrected chi connectivity index (χ0v) is 12.0. The van der Waals surface area contributed by atoms with E-state index in [-0.39, 0.29) is 0 Å². The quantitative estimate of drug-likeness (QED) is 0.846. The Morgan fingerprint density at radius 1 is 1.05 bits per heavy atom. The summed E-state index contributed by atoms with van der Waals surface area (Å²) in [6, 6.07) is 0. The van der Waals surface area contributed by atoms with Crippen LogP contribution >= 0.6 is 11.3 Å². The number of hydrogen-bond acceptors (Lipinski definition) is 6. The Bertz CT molecular complexity index is 637. The summed E-state index contributed by atoms with van der Waals surface area (Å²) in [6.07, 6.45) is 5.67. The lowest BCUT2D eigenvalue weighted by molar-refractivity contribution is 0.577. The minimum Gasteiger partial charge on any atom is -0.348 e. The molecule has 20 heavy (non-hydrogen) atoms. The van der Waals surface area contributed by atoms with Crippen LogP contribution in [0.5, 0.6) is 0 Å². The minimum absolute atomic E-state index is 0.793. The zero-order valence-electron chi connectivity index (χ0n) is 11.2. The topological polar surface area (TPSA) is 59.2 Å². The molecule has 0 saturated carbocycles. The maximum atomic E-state index is 4.76. The van der Waals surface area contributed by atoms with Crippen molar-refractivity contribution in [2.45, 2.75) is 25.8 Å². The molecule has 7 heteroatoms. The number of fused-ring (bicyclic) bond motifs is 1. The number of rotatable bonds is 2. The van der Waals surface area contributed by atoms with E-state index in [4.69, 9.17) is 4.98 Å². The molecule has 0 N–H and O–H groups in total. The molecule has 0 aliphatic carbocycles. The zero-order chi connectivity index (χ0) is 13.4. The van der Waals surface area contributed by atoms with E-state index in [2.05, 4.69) is 30.0 Å². The summed E-state index contributed by atoms with van der Waals surface area (Å²) in [4.78, 5) is 11.4. The van der Waals surface area contributed by atoms with Gasteiger partial charge in [0, 0.05) is 25.0 Å². The van der Waals surface area contributed by atoms with Crippen LogP contribution in [0.4, 0.5) is 5.13 Å². The van der Waals surface area contributed by atoms with E-state index in [1.54, 1.807) is 17.6 Å². The van der Waals surface area contributed by atoms with E-state index in [0.717, 1.165) is 48.7 Å². The fourth-order valence-electron chi connectivity index (χ4n) is 2.72. The number of thiazole rings is 1. The highest BCUT2D eigenvalue weighted by molar-refractivity contribution is 7.14. The molecule has 2 aromatic rings. The monoisotopic (exact) mass is 288 g/mol. The Morgan fingerprint density at radius 3 is 2.85 bits per heavy atom. The van der Waals surface area contributed by atoms with Crippen LogP contribution in [0.25, 0.3) is 11.5 Å². The van der Waals surface area contributed by atoms with E-state index in [0.29, 0.717) is 0 Å². The maximum Gasteiger partial charge on any atom is 0.185 e. The normalized spacial score (nSPS) is 18.3. The summed E-state index contributed by atoms with van der Waals surface area (Å²) >= 11 is 1.71. The van der Waals surface area contributed by atoms with Gasteiger partial charge in [0.1, 0.15) is 5.69 Å². The number of hydrogen-bond donors (Lipinski definition) is 0. The fourth-order valence-corrected chi connectivity index (χ4v) is 3.58. The predicted octanol–water partition coefficient (Wildman–Crippen LogP) is 1.82. The summed E-state index contributed by atoms with van der Waals surface area (Å²) in [7, 11) is 0. The molecule has 2 aromatic heterocycles. The molecule has 1 saturated heterocycles. The number of anilines is 1. The average molecular weight is 288 g/mol. The second-order valence-corrected chi connectivity index (χ2v) is 5.97. The Morgan fingerprint density at radius 2 is 1.95 bits per heavy atom. The smallest absolute Gasteiger partial charge is 0.185 e. The van der Waals surface area contributed by atoms with E-state index in [1.165, 1.54) is 19.3 Å². The third-order valence-electron chi connectivity index (χ3n) is 3.79. The van der Waals surface area contributed by atoms with Gasteiger partial charge in [0.15, 0.2) is 16.8 Å². The first-order valence-electron chi connectivity index (χ1n) is 7.06. The molecule has 4 rings (SSSR count). The first-order valence-corrected chi connectivity index (χ1v) is 7.94. The van der Waals surface area contributed by atoms with Gasteiger partial charge in [-0.2, -0.15) is 0 Å². The van der Waals surface area contributed by atoms with Crippen molar-refractivity contribution in [1.29, 1.82) is 0 Å². The van der Waals surface area contributed by atoms with Crippen molar-refractivity contribution in [2.75, 3.05) is 24.5 Å². The van der Waals surface area contributed by atoms with Crippen LogP contribution in [-0.2, 0) is 6.54 Å². The predicted molar refractivity (Wildman–Crippen MR) is 79.7 cm³/mol. The third kappa shape index (κ3) is 2.02. The highest BCUT2D eigenvalue weighted by atomic mass is 32.1. The lowest BCUT2D eigenvalue weighted by Gasteiger charge is -2.25. The highest BCUT2D eigenvalue weighted by Gasteiger charge is 2.19. The van der Waals surface area contributed by atoms with Crippen LogP contribution in [-0.4, -0.2) is 45.6 Å². The Balaban J connectivity index is 1.64. The Kier molecular flexibility index (Phi) is 2.99. The molecule has 0 bridgehead atoms. The molecular formula is C13H16N6S. The van der Waals surface area contributed by atoms with Crippen molar-refractivity contribution in [1.82, 2.24) is 19.7 Å². The summed E-state index contributed by atoms with van der Waals surface area (Å²) in [5.41, 5.74) is 0.935. The fraction of sp³-hybridized carbons (Fsp3) is 0.538. The molecule has 0 spiro atoms. The van der Waals surface area contributed by atoms with Crippen molar-refractivity contribution < 1.29 is 0 Å². The van der Waals surface area contributed by atoms with Crippen LogP contribution in [0, 0.1) is 0 Å². The first-order chi connectivity index (χ1) is 9.92. The summed E-state index contributed by atoms with van der Waals surface area (Å²) < 4.78 is 2.10. The number of nitrogens with zero attached hydrogens (tertiary/aromatic N) is 6. The van der Waals surface area contributed by atoms with Crippen LogP contribution in [0.15, 0.2) is 10.4 Å². The van der Waals surface area contributed by atoms with Crippen LogP contribution in [0.3, 0.4) is 0 Å². The molecular weight excluding hydrogens is 272 g/mol. The summed E-state index contributed by atoms with van der Waals surface area (Å²) in [6.45, 7) is 3.88. The van der Waals surface area contributed by atoms with Gasteiger partial charge in [-0.3, -0.25) is 4.99 Å². The molecule has 0 aromatic carbocycles. The van der Waals surface area contributed by atoms with E-state index in [9.17, 15) is 0 Å². The molecule has 0 radical (unpaired) electrons. The van der Waals surface area contributed by atoms with Crippen LogP contribution in [0.1, 0.15) is 25.1 Å². The van der Waals surface area contributed by atoms with E-state index < -0.39 is 0 Å². The number of aromatic nitrogens is 4. The van der Waals surface area contributed by atoms with Crippen molar-refractivity contribution >= 4 is 22.7 Å². The van der Waals surface area contributed by atoms with Gasteiger partial charge >= 0.3 is 0 Å². The van der Waals surface area contributed by atoms with Gasteiger partial charge in [-0.05, 0) is 19.3 Å². The van der Waals surface area contributed by atoms with Crippen molar-refractivity contribution in [3.8, 4) is 11.5 Å². The molecule has 4 heterocycles. The Labute approximate surface area is 121 Å². The molecule has 0 amide bonds. The summed E-state index contributed by atoms with van der Waals surface area (Å²) in [5, 5.41) is 11.6. The molecule has 1 fully saturated rings. The molecule has 104 valence electrons. The Hall–Kier alpha value is -1.76. The molecule has 2 aliphatic heterocycles. The average Bonchev–Trinajstić information content (AvgIpc) is 3.14. The largest absolute Gasteiger partial charge is 0.348 e. The first kappa shape index (κ1) is 12.0. The van der Waals surface area contributed by atoms with Crippen LogP contribution in [0.2, 0.25) is 0 Å². The van der Waals surface area contributed by atoms with E-state index >= 15 is 0 Å². The van der Waals surface area contributed by atoms with E-state index in [1.807, 2.05) is 0 Å². The van der Waals surface area contributed by atoms with Gasteiger partial charge < -0.3 is 9.47 Å². The van der Waals surface area contributed by atoms with Gasteiger partial charge in [-0.1, -0.05) is 0 Å².